The lowest BCUT2D eigenvalue weighted by Crippen LogP contribution is -2.04. The maximum absolute atomic E-state index is 13.8. The van der Waals surface area contributed by atoms with E-state index < -0.39 is 0 Å². The van der Waals surface area contributed by atoms with Crippen LogP contribution in [0.25, 0.3) is 0 Å². The van der Waals surface area contributed by atoms with E-state index in [9.17, 15) is 4.39 Å². The SMILES string of the molecule is NCc1ccc(Cn2cnc(I)c2I)c(F)c1. The normalized spacial score (nSPS) is 10.8. The molecule has 90 valence electrons. The molecule has 0 saturated heterocycles. The van der Waals surface area contributed by atoms with Gasteiger partial charge in [-0.2, -0.15) is 0 Å². The Balaban J connectivity index is 2.27. The number of rotatable bonds is 3. The predicted octanol–water partition coefficient (Wildman–Crippen LogP) is 2.74. The zero-order valence-corrected chi connectivity index (χ0v) is 13.1. The second-order valence-electron chi connectivity index (χ2n) is 3.58. The van der Waals surface area contributed by atoms with Crippen molar-refractivity contribution in [1.82, 2.24) is 9.55 Å². The summed E-state index contributed by atoms with van der Waals surface area (Å²) in [5.41, 5.74) is 6.92. The van der Waals surface area contributed by atoms with Crippen molar-refractivity contribution >= 4 is 45.2 Å². The van der Waals surface area contributed by atoms with Crippen molar-refractivity contribution < 1.29 is 4.39 Å². The van der Waals surface area contributed by atoms with Crippen LogP contribution in [0.4, 0.5) is 4.39 Å². The molecular weight excluding hydrogens is 447 g/mol. The molecule has 1 aromatic carbocycles. The van der Waals surface area contributed by atoms with Crippen molar-refractivity contribution in [2.75, 3.05) is 0 Å². The van der Waals surface area contributed by atoms with Crippen LogP contribution in [-0.2, 0) is 13.1 Å². The third-order valence-electron chi connectivity index (χ3n) is 2.43. The maximum atomic E-state index is 13.8. The topological polar surface area (TPSA) is 43.8 Å². The van der Waals surface area contributed by atoms with Gasteiger partial charge >= 0.3 is 0 Å². The van der Waals surface area contributed by atoms with E-state index in [1.54, 1.807) is 12.4 Å². The van der Waals surface area contributed by atoms with Crippen LogP contribution in [-0.4, -0.2) is 9.55 Å². The molecule has 1 aromatic heterocycles. The lowest BCUT2D eigenvalue weighted by atomic mass is 10.1. The molecule has 0 aliphatic heterocycles. The van der Waals surface area contributed by atoms with Gasteiger partial charge in [-0.05, 0) is 56.8 Å². The van der Waals surface area contributed by atoms with Gasteiger partial charge in [0.05, 0.1) is 12.9 Å². The first-order valence-electron chi connectivity index (χ1n) is 4.95. The van der Waals surface area contributed by atoms with Gasteiger partial charge in [0, 0.05) is 12.1 Å². The number of halogens is 3. The molecule has 2 rings (SSSR count). The first-order valence-corrected chi connectivity index (χ1v) is 7.11. The monoisotopic (exact) mass is 457 g/mol. The van der Waals surface area contributed by atoms with Crippen molar-refractivity contribution in [3.8, 4) is 0 Å². The van der Waals surface area contributed by atoms with E-state index in [-0.39, 0.29) is 5.82 Å². The number of nitrogens with zero attached hydrogens (tertiary/aromatic N) is 2. The number of hydrogen-bond acceptors (Lipinski definition) is 2. The zero-order chi connectivity index (χ0) is 12.4. The van der Waals surface area contributed by atoms with E-state index >= 15 is 0 Å². The fourth-order valence-electron chi connectivity index (χ4n) is 1.48. The largest absolute Gasteiger partial charge is 0.326 e. The summed E-state index contributed by atoms with van der Waals surface area (Å²) in [5, 5.41) is 0. The molecule has 0 radical (unpaired) electrons. The van der Waals surface area contributed by atoms with Gasteiger partial charge < -0.3 is 10.3 Å². The molecule has 0 unspecified atom stereocenters. The Hall–Kier alpha value is -0.220. The van der Waals surface area contributed by atoms with E-state index in [1.165, 1.54) is 6.07 Å². The summed E-state index contributed by atoms with van der Waals surface area (Å²) in [6, 6.07) is 5.12. The first-order chi connectivity index (χ1) is 8.11. The molecule has 0 spiro atoms. The molecule has 1 heterocycles. The summed E-state index contributed by atoms with van der Waals surface area (Å²) in [5.74, 6) is -0.215. The number of hydrogen-bond donors (Lipinski definition) is 1. The molecule has 0 aliphatic carbocycles. The third-order valence-corrected chi connectivity index (χ3v) is 5.38. The highest BCUT2D eigenvalue weighted by atomic mass is 127. The molecule has 17 heavy (non-hydrogen) atoms. The lowest BCUT2D eigenvalue weighted by molar-refractivity contribution is 0.595. The van der Waals surface area contributed by atoms with Crippen LogP contribution in [0, 0.1) is 13.2 Å². The van der Waals surface area contributed by atoms with Gasteiger partial charge in [-0.1, -0.05) is 12.1 Å². The van der Waals surface area contributed by atoms with E-state index in [0.717, 1.165) is 13.0 Å². The van der Waals surface area contributed by atoms with Gasteiger partial charge in [-0.15, -0.1) is 0 Å². The molecule has 0 fully saturated rings. The average molecular weight is 457 g/mol. The smallest absolute Gasteiger partial charge is 0.132 e. The van der Waals surface area contributed by atoms with Crippen LogP contribution in [0.1, 0.15) is 11.1 Å². The van der Waals surface area contributed by atoms with Crippen LogP contribution < -0.4 is 5.73 Å². The number of benzene rings is 1. The second kappa shape index (κ2) is 5.61. The molecule has 0 saturated carbocycles. The molecular formula is C11H10FI2N3. The summed E-state index contributed by atoms with van der Waals surface area (Å²) < 4.78 is 17.6. The minimum Gasteiger partial charge on any atom is -0.326 e. The summed E-state index contributed by atoms with van der Waals surface area (Å²) in [7, 11) is 0. The molecule has 0 amide bonds. The van der Waals surface area contributed by atoms with Gasteiger partial charge in [0.2, 0.25) is 0 Å². The lowest BCUT2D eigenvalue weighted by Gasteiger charge is -2.07. The molecule has 0 atom stereocenters. The molecule has 6 heteroatoms. The van der Waals surface area contributed by atoms with Crippen molar-refractivity contribution in [2.45, 2.75) is 13.1 Å². The Morgan fingerprint density at radius 1 is 1.35 bits per heavy atom. The average Bonchev–Trinajstić information content (AvgIpc) is 2.63. The van der Waals surface area contributed by atoms with E-state index in [0.29, 0.717) is 18.7 Å². The van der Waals surface area contributed by atoms with Crippen molar-refractivity contribution in [3.63, 3.8) is 0 Å². The number of nitrogens with two attached hydrogens (primary N) is 1. The zero-order valence-electron chi connectivity index (χ0n) is 8.83. The Morgan fingerprint density at radius 3 is 2.65 bits per heavy atom. The predicted molar refractivity (Wildman–Crippen MR) is 81.1 cm³/mol. The minimum absolute atomic E-state index is 0.215. The Morgan fingerprint density at radius 2 is 2.12 bits per heavy atom. The van der Waals surface area contributed by atoms with Gasteiger partial charge in [-0.25, -0.2) is 9.37 Å². The Bertz CT molecular complexity index is 540. The second-order valence-corrected chi connectivity index (χ2v) is 5.63. The number of imidazole rings is 1. The van der Waals surface area contributed by atoms with Gasteiger partial charge in [-0.3, -0.25) is 0 Å². The molecule has 2 N–H and O–H groups in total. The van der Waals surface area contributed by atoms with E-state index in [2.05, 4.69) is 50.2 Å². The van der Waals surface area contributed by atoms with Crippen molar-refractivity contribution in [1.29, 1.82) is 0 Å². The van der Waals surface area contributed by atoms with E-state index in [4.69, 9.17) is 5.73 Å². The molecule has 0 aliphatic rings. The maximum Gasteiger partial charge on any atom is 0.132 e. The van der Waals surface area contributed by atoms with Gasteiger partial charge in [0.15, 0.2) is 0 Å². The fraction of sp³-hybridized carbons (Fsp3) is 0.182. The standard InChI is InChI=1S/C11H10FI2N3/c12-9-3-7(4-15)1-2-8(9)5-17-6-16-10(13)11(17)14/h1-3,6H,4-5,15H2. The van der Waals surface area contributed by atoms with Crippen LogP contribution >= 0.6 is 45.2 Å². The van der Waals surface area contributed by atoms with Crippen molar-refractivity contribution in [2.24, 2.45) is 5.73 Å². The van der Waals surface area contributed by atoms with Crippen LogP contribution in [0.2, 0.25) is 0 Å². The highest BCUT2D eigenvalue weighted by Gasteiger charge is 2.08. The fourth-order valence-corrected chi connectivity index (χ4v) is 2.35. The van der Waals surface area contributed by atoms with Crippen LogP contribution in [0.5, 0.6) is 0 Å². The third kappa shape index (κ3) is 2.97. The summed E-state index contributed by atoms with van der Waals surface area (Å²) in [4.78, 5) is 4.18. The molecule has 0 bridgehead atoms. The summed E-state index contributed by atoms with van der Waals surface area (Å²) >= 11 is 4.36. The minimum atomic E-state index is -0.215. The van der Waals surface area contributed by atoms with Gasteiger partial charge in [0.25, 0.3) is 0 Å². The van der Waals surface area contributed by atoms with E-state index in [1.807, 2.05) is 10.6 Å². The van der Waals surface area contributed by atoms with Crippen molar-refractivity contribution in [3.05, 3.63) is 48.9 Å². The van der Waals surface area contributed by atoms with Crippen LogP contribution in [0.3, 0.4) is 0 Å². The first kappa shape index (κ1) is 13.2. The van der Waals surface area contributed by atoms with Gasteiger partial charge in [0.1, 0.15) is 13.2 Å². The summed E-state index contributed by atoms with van der Waals surface area (Å²) in [6.07, 6.45) is 1.72. The Kier molecular flexibility index (Phi) is 4.36. The number of aromatic nitrogens is 2. The van der Waals surface area contributed by atoms with Crippen LogP contribution in [0.15, 0.2) is 24.5 Å². The highest BCUT2D eigenvalue weighted by molar-refractivity contribution is 14.1. The summed E-state index contributed by atoms with van der Waals surface area (Å²) in [6.45, 7) is 0.850. The Labute approximate surface area is 126 Å². The highest BCUT2D eigenvalue weighted by Crippen LogP contribution is 2.17. The molecule has 3 nitrogen and oxygen atoms in total. The quantitative estimate of drug-likeness (QED) is 0.722. The molecule has 2 aromatic rings.